The number of anilines is 2. The molecule has 0 aliphatic heterocycles. The van der Waals surface area contributed by atoms with Crippen LogP contribution in [-0.2, 0) is 0 Å². The number of terminal acetylenes is 1. The van der Waals surface area contributed by atoms with Crippen molar-refractivity contribution in [3.63, 3.8) is 0 Å². The van der Waals surface area contributed by atoms with Crippen LogP contribution in [0.25, 0.3) is 0 Å². The summed E-state index contributed by atoms with van der Waals surface area (Å²) in [6.45, 7) is 7.61. The first-order valence-electron chi connectivity index (χ1n) is 8.01. The van der Waals surface area contributed by atoms with Crippen LogP contribution < -0.4 is 15.5 Å². The monoisotopic (exact) mass is 301 g/mol. The zero-order valence-electron chi connectivity index (χ0n) is 13.9. The topological polar surface area (TPSA) is 44.4 Å². The van der Waals surface area contributed by atoms with E-state index in [2.05, 4.69) is 23.6 Å². The first-order valence-corrected chi connectivity index (χ1v) is 8.01. The number of unbranched alkanes of at least 4 members (excludes halogenated alkanes) is 3. The van der Waals surface area contributed by atoms with Crippen LogP contribution in [0.15, 0.2) is 18.2 Å². The average Bonchev–Trinajstić information content (AvgIpc) is 2.51. The van der Waals surface area contributed by atoms with Crippen LogP contribution in [0.5, 0.6) is 0 Å². The third-order valence-corrected chi connectivity index (χ3v) is 3.56. The fourth-order valence-corrected chi connectivity index (χ4v) is 2.22. The van der Waals surface area contributed by atoms with Gasteiger partial charge < -0.3 is 15.5 Å². The molecule has 1 aromatic carbocycles. The second kappa shape index (κ2) is 9.73. The molecule has 0 saturated carbocycles. The molecule has 0 heterocycles. The number of nitrogens with one attached hydrogen (secondary N) is 2. The van der Waals surface area contributed by atoms with Gasteiger partial charge in [0.2, 0.25) is 0 Å². The molecule has 0 aliphatic carbocycles. The number of carbonyl (C=O) groups is 1. The predicted octanol–water partition coefficient (Wildman–Crippen LogP) is 4.11. The summed E-state index contributed by atoms with van der Waals surface area (Å²) in [5.74, 6) is 0. The Kier molecular flexibility index (Phi) is 7.91. The molecular weight excluding hydrogens is 274 g/mol. The van der Waals surface area contributed by atoms with E-state index in [0.29, 0.717) is 6.54 Å². The highest BCUT2D eigenvalue weighted by Gasteiger charge is 2.07. The number of hydrogen-bond acceptors (Lipinski definition) is 2. The molecular formula is C18H27N3O. The molecule has 0 radical (unpaired) electrons. The fraction of sp³-hybridized carbons (Fsp3) is 0.500. The minimum atomic E-state index is -0.156. The van der Waals surface area contributed by atoms with Crippen LogP contribution in [0.4, 0.5) is 16.2 Å². The fourth-order valence-electron chi connectivity index (χ4n) is 2.22. The number of hydrogen-bond donors (Lipinski definition) is 2. The van der Waals surface area contributed by atoms with Gasteiger partial charge in [-0.2, -0.15) is 0 Å². The van der Waals surface area contributed by atoms with Crippen molar-refractivity contribution in [2.45, 2.75) is 46.5 Å². The summed E-state index contributed by atoms with van der Waals surface area (Å²) in [5.41, 5.74) is 2.77. The van der Waals surface area contributed by atoms with Crippen LogP contribution in [0.3, 0.4) is 0 Å². The summed E-state index contributed by atoms with van der Waals surface area (Å²) in [6.07, 6.45) is 10.1. The summed E-state index contributed by atoms with van der Waals surface area (Å²) in [6, 6.07) is 8.28. The number of carbonyl (C=O) groups excluding carboxylic acids is 1. The van der Waals surface area contributed by atoms with Gasteiger partial charge in [0.25, 0.3) is 0 Å². The maximum Gasteiger partial charge on any atom is 0.319 e. The van der Waals surface area contributed by atoms with Crippen molar-refractivity contribution < 1.29 is 4.79 Å². The Labute approximate surface area is 134 Å². The highest BCUT2D eigenvalue weighted by molar-refractivity contribution is 5.90. The van der Waals surface area contributed by atoms with Gasteiger partial charge in [0.05, 0.1) is 0 Å². The van der Waals surface area contributed by atoms with Crippen molar-refractivity contribution in [3.05, 3.63) is 23.8 Å². The Hall–Kier alpha value is -2.15. The molecule has 0 bridgehead atoms. The summed E-state index contributed by atoms with van der Waals surface area (Å²) in [7, 11) is 0. The van der Waals surface area contributed by atoms with Gasteiger partial charge in [-0.1, -0.05) is 32.6 Å². The van der Waals surface area contributed by atoms with Gasteiger partial charge >= 0.3 is 6.03 Å². The molecule has 22 heavy (non-hydrogen) atoms. The number of urea groups is 1. The molecule has 0 aromatic heterocycles. The molecule has 0 spiro atoms. The van der Waals surface area contributed by atoms with E-state index in [1.165, 1.54) is 12.8 Å². The summed E-state index contributed by atoms with van der Waals surface area (Å²) < 4.78 is 0. The highest BCUT2D eigenvalue weighted by atomic mass is 16.2. The average molecular weight is 301 g/mol. The van der Waals surface area contributed by atoms with Gasteiger partial charge in [-0.3, -0.25) is 0 Å². The van der Waals surface area contributed by atoms with Gasteiger partial charge in [0.1, 0.15) is 0 Å². The van der Waals surface area contributed by atoms with Gasteiger partial charge in [-0.25, -0.2) is 4.79 Å². The number of rotatable bonds is 8. The molecule has 4 nitrogen and oxygen atoms in total. The molecule has 120 valence electrons. The first kappa shape index (κ1) is 17.9. The normalized spacial score (nSPS) is 9.91. The number of benzene rings is 1. The first-order chi connectivity index (χ1) is 10.6. The Morgan fingerprint density at radius 3 is 2.64 bits per heavy atom. The van der Waals surface area contributed by atoms with Crippen LogP contribution in [-0.4, -0.2) is 19.1 Å². The smallest absolute Gasteiger partial charge is 0.319 e. The second-order valence-electron chi connectivity index (χ2n) is 5.31. The van der Waals surface area contributed by atoms with E-state index in [4.69, 9.17) is 6.42 Å². The molecule has 1 aromatic rings. The van der Waals surface area contributed by atoms with E-state index >= 15 is 0 Å². The van der Waals surface area contributed by atoms with Gasteiger partial charge in [0.15, 0.2) is 0 Å². The molecule has 0 saturated heterocycles. The van der Waals surface area contributed by atoms with Crippen LogP contribution >= 0.6 is 0 Å². The largest absolute Gasteiger partial charge is 0.338 e. The lowest BCUT2D eigenvalue weighted by Gasteiger charge is -2.17. The van der Waals surface area contributed by atoms with Gasteiger partial charge in [-0.15, -0.1) is 0 Å². The molecule has 2 amide bonds. The van der Waals surface area contributed by atoms with Crippen LogP contribution in [0, 0.1) is 19.4 Å². The molecule has 0 aliphatic rings. The maximum atomic E-state index is 11.9. The van der Waals surface area contributed by atoms with Crippen molar-refractivity contribution in [2.75, 3.05) is 23.3 Å². The Balaban J connectivity index is 2.52. The third kappa shape index (κ3) is 5.69. The van der Waals surface area contributed by atoms with Crippen molar-refractivity contribution in [1.29, 1.82) is 0 Å². The van der Waals surface area contributed by atoms with E-state index < -0.39 is 0 Å². The molecule has 1 rings (SSSR count). The van der Waals surface area contributed by atoms with E-state index in [0.717, 1.165) is 36.3 Å². The quantitative estimate of drug-likeness (QED) is 0.431. The van der Waals surface area contributed by atoms with E-state index in [1.807, 2.05) is 36.9 Å². The lowest BCUT2D eigenvalue weighted by molar-refractivity contribution is 0.252. The zero-order chi connectivity index (χ0) is 16.4. The number of amides is 2. The van der Waals surface area contributed by atoms with Crippen molar-refractivity contribution >= 4 is 17.4 Å². The van der Waals surface area contributed by atoms with Crippen molar-refractivity contribution in [1.82, 2.24) is 5.32 Å². The van der Waals surface area contributed by atoms with Crippen LogP contribution in [0.1, 0.15) is 45.1 Å². The predicted molar refractivity (Wildman–Crippen MR) is 94.2 cm³/mol. The van der Waals surface area contributed by atoms with E-state index in [-0.39, 0.29) is 6.03 Å². The number of aryl methyl sites for hydroxylation is 1. The molecule has 0 unspecified atom stereocenters. The van der Waals surface area contributed by atoms with E-state index in [9.17, 15) is 4.79 Å². The SMILES string of the molecule is C#CN(CC)c1ccc(NC(=O)NCCCCCC)c(C)c1. The molecule has 4 heteroatoms. The third-order valence-electron chi connectivity index (χ3n) is 3.56. The summed E-state index contributed by atoms with van der Waals surface area (Å²) in [5, 5.41) is 5.77. The van der Waals surface area contributed by atoms with Crippen molar-refractivity contribution in [2.24, 2.45) is 0 Å². The molecule has 0 fully saturated rings. The van der Waals surface area contributed by atoms with Crippen molar-refractivity contribution in [3.8, 4) is 12.5 Å². The minimum absolute atomic E-state index is 0.156. The Bertz CT molecular complexity index is 520. The standard InChI is InChI=1S/C18H27N3O/c1-5-8-9-10-13-19-18(22)20-17-12-11-16(14-15(17)4)21(6-2)7-3/h2,11-12,14H,5,7-10,13H2,1,3-4H3,(H2,19,20,22). The Morgan fingerprint density at radius 2 is 2.05 bits per heavy atom. The van der Waals surface area contributed by atoms with Crippen LogP contribution in [0.2, 0.25) is 0 Å². The summed E-state index contributed by atoms with van der Waals surface area (Å²) in [4.78, 5) is 13.7. The lowest BCUT2D eigenvalue weighted by Crippen LogP contribution is -2.29. The van der Waals surface area contributed by atoms with Gasteiger partial charge in [-0.05, 0) is 44.0 Å². The lowest BCUT2D eigenvalue weighted by atomic mass is 10.1. The van der Waals surface area contributed by atoms with E-state index in [1.54, 1.807) is 0 Å². The second-order valence-corrected chi connectivity index (χ2v) is 5.31. The maximum absolute atomic E-state index is 11.9. The zero-order valence-corrected chi connectivity index (χ0v) is 13.9. The Morgan fingerprint density at radius 1 is 1.27 bits per heavy atom. The summed E-state index contributed by atoms with van der Waals surface area (Å²) >= 11 is 0. The molecule has 2 N–H and O–H groups in total. The molecule has 0 atom stereocenters. The minimum Gasteiger partial charge on any atom is -0.338 e. The highest BCUT2D eigenvalue weighted by Crippen LogP contribution is 2.22. The number of nitrogens with zero attached hydrogens (tertiary/aromatic N) is 1. The van der Waals surface area contributed by atoms with Gasteiger partial charge in [0, 0.05) is 30.5 Å².